The number of Topliss-reactive ketones (excluding diaryl/α,β-unsaturated/α-hetero) is 1. The van der Waals surface area contributed by atoms with E-state index in [1.54, 1.807) is 69.6 Å². The second kappa shape index (κ2) is 9.34. The van der Waals surface area contributed by atoms with Crippen molar-refractivity contribution in [2.45, 2.75) is 46.7 Å². The Morgan fingerprint density at radius 2 is 1.84 bits per heavy atom. The summed E-state index contributed by atoms with van der Waals surface area (Å²) in [4.78, 5) is 43.8. The molecular formula is C25H28N2O5. The van der Waals surface area contributed by atoms with Gasteiger partial charge in [0.05, 0.1) is 23.8 Å². The molecule has 0 spiro atoms. The molecule has 1 unspecified atom stereocenters. The van der Waals surface area contributed by atoms with Crippen LogP contribution in [0, 0.1) is 5.41 Å². The summed E-state index contributed by atoms with van der Waals surface area (Å²) >= 11 is 0. The maximum atomic E-state index is 13.1. The maximum absolute atomic E-state index is 13.1. The van der Waals surface area contributed by atoms with Crippen molar-refractivity contribution in [2.24, 2.45) is 5.41 Å². The van der Waals surface area contributed by atoms with Gasteiger partial charge in [0.1, 0.15) is 0 Å². The highest BCUT2D eigenvalue weighted by Crippen LogP contribution is 2.41. The van der Waals surface area contributed by atoms with Crippen molar-refractivity contribution in [1.82, 2.24) is 9.88 Å². The van der Waals surface area contributed by atoms with E-state index in [-0.39, 0.29) is 17.9 Å². The molecule has 1 atom stereocenters. The number of aliphatic hydroxyl groups excluding tert-OH is 1. The van der Waals surface area contributed by atoms with Crippen LogP contribution in [0.4, 0.5) is 0 Å². The van der Waals surface area contributed by atoms with Crippen molar-refractivity contribution in [3.05, 3.63) is 76.8 Å². The summed E-state index contributed by atoms with van der Waals surface area (Å²) in [6.07, 6.45) is 3.94. The molecule has 7 nitrogen and oxygen atoms in total. The summed E-state index contributed by atoms with van der Waals surface area (Å²) in [5.74, 6) is -1.84. The minimum Gasteiger partial charge on any atom is -0.503 e. The Bertz CT molecular complexity index is 1040. The predicted octanol–water partition coefficient (Wildman–Crippen LogP) is 4.16. The molecule has 1 aromatic carbocycles. The number of ketones is 1. The molecule has 1 N–H and O–H groups in total. The van der Waals surface area contributed by atoms with Crippen LogP contribution in [0.1, 0.15) is 61.6 Å². The fraction of sp³-hybridized carbons (Fsp3) is 0.360. The lowest BCUT2D eigenvalue weighted by atomic mass is 9.82. The van der Waals surface area contributed by atoms with E-state index in [4.69, 9.17) is 4.74 Å². The fourth-order valence-corrected chi connectivity index (χ4v) is 3.56. The van der Waals surface area contributed by atoms with E-state index in [0.29, 0.717) is 17.7 Å². The van der Waals surface area contributed by atoms with E-state index >= 15 is 0 Å². The third-order valence-corrected chi connectivity index (χ3v) is 5.21. The second-order valence-corrected chi connectivity index (χ2v) is 8.80. The first kappa shape index (κ1) is 23.2. The summed E-state index contributed by atoms with van der Waals surface area (Å²) < 4.78 is 5.14. The molecule has 2 aromatic rings. The molecular weight excluding hydrogens is 408 g/mol. The lowest BCUT2D eigenvalue weighted by molar-refractivity contribution is -0.130. The van der Waals surface area contributed by atoms with Gasteiger partial charge in [0.25, 0.3) is 5.91 Å². The smallest absolute Gasteiger partial charge is 0.338 e. The van der Waals surface area contributed by atoms with Crippen LogP contribution in [0.15, 0.2) is 60.1 Å². The molecule has 0 saturated heterocycles. The number of ether oxygens (including phenoxy) is 1. The third-order valence-electron chi connectivity index (χ3n) is 5.21. The number of rotatable bonds is 7. The van der Waals surface area contributed by atoms with Crippen LogP contribution in [0.2, 0.25) is 0 Å². The monoisotopic (exact) mass is 436 g/mol. The van der Waals surface area contributed by atoms with Crippen LogP contribution < -0.4 is 0 Å². The Morgan fingerprint density at radius 3 is 2.41 bits per heavy atom. The Labute approximate surface area is 187 Å². The van der Waals surface area contributed by atoms with Gasteiger partial charge in [-0.1, -0.05) is 45.9 Å². The van der Waals surface area contributed by atoms with Crippen molar-refractivity contribution in [1.29, 1.82) is 0 Å². The number of pyridine rings is 1. The summed E-state index contributed by atoms with van der Waals surface area (Å²) in [5.41, 5.74) is 1.10. The number of hydrogen-bond donors (Lipinski definition) is 1. The number of amides is 1. The van der Waals surface area contributed by atoms with E-state index in [0.717, 1.165) is 12.0 Å². The highest BCUT2D eigenvalue weighted by Gasteiger charge is 2.46. The number of hydrogen-bond acceptors (Lipinski definition) is 6. The minimum absolute atomic E-state index is 0.0789. The van der Waals surface area contributed by atoms with Crippen LogP contribution in [0.5, 0.6) is 0 Å². The number of carbonyl (C=O) groups is 3. The molecule has 1 aromatic heterocycles. The van der Waals surface area contributed by atoms with Gasteiger partial charge in [0.15, 0.2) is 11.5 Å². The van der Waals surface area contributed by atoms with Crippen molar-refractivity contribution >= 4 is 17.7 Å². The topological polar surface area (TPSA) is 96.8 Å². The molecule has 0 radical (unpaired) electrons. The number of benzene rings is 1. The first-order valence-electron chi connectivity index (χ1n) is 10.6. The standard InChI is InChI=1S/C25H28N2O5/c1-5-13-32-24(31)17-10-8-16(9-11-17)15-27-20(18-7-6-12-26-14-18)19(21(28)23(27)30)22(29)25(2,3)4/h6-12,14,20,28H,5,13,15H2,1-4H3. The van der Waals surface area contributed by atoms with E-state index in [1.165, 1.54) is 4.90 Å². The van der Waals surface area contributed by atoms with Crippen molar-refractivity contribution in [2.75, 3.05) is 6.61 Å². The maximum Gasteiger partial charge on any atom is 0.338 e. The molecule has 0 saturated carbocycles. The van der Waals surface area contributed by atoms with Gasteiger partial charge in [-0.25, -0.2) is 4.79 Å². The highest BCUT2D eigenvalue weighted by molar-refractivity contribution is 6.10. The van der Waals surface area contributed by atoms with Gasteiger partial charge >= 0.3 is 5.97 Å². The summed E-state index contributed by atoms with van der Waals surface area (Å²) in [7, 11) is 0. The normalized spacial score (nSPS) is 16.4. The fourth-order valence-electron chi connectivity index (χ4n) is 3.56. The molecule has 0 fully saturated rings. The van der Waals surface area contributed by atoms with E-state index in [2.05, 4.69) is 4.98 Å². The molecule has 3 rings (SSSR count). The number of aromatic nitrogens is 1. The Hall–Kier alpha value is -3.48. The lowest BCUT2D eigenvalue weighted by Crippen LogP contribution is -2.32. The third kappa shape index (κ3) is 4.72. The molecule has 0 bridgehead atoms. The Kier molecular flexibility index (Phi) is 6.77. The average Bonchev–Trinajstić information content (AvgIpc) is 3.02. The van der Waals surface area contributed by atoms with Crippen LogP contribution in [0.3, 0.4) is 0 Å². The molecule has 0 aliphatic carbocycles. The number of esters is 1. The zero-order chi connectivity index (χ0) is 23.5. The Morgan fingerprint density at radius 1 is 1.16 bits per heavy atom. The van der Waals surface area contributed by atoms with Crippen molar-refractivity contribution < 1.29 is 24.2 Å². The summed E-state index contributed by atoms with van der Waals surface area (Å²) in [6, 6.07) is 9.50. The van der Waals surface area contributed by atoms with Crippen LogP contribution in [-0.2, 0) is 20.9 Å². The number of carbonyl (C=O) groups excluding carboxylic acids is 3. The van der Waals surface area contributed by atoms with Gasteiger partial charge in [-0.05, 0) is 35.7 Å². The number of nitrogens with zero attached hydrogens (tertiary/aromatic N) is 2. The molecule has 168 valence electrons. The quantitative estimate of drug-likeness (QED) is 0.655. The van der Waals surface area contributed by atoms with Gasteiger partial charge in [-0.2, -0.15) is 0 Å². The van der Waals surface area contributed by atoms with Crippen molar-refractivity contribution in [3.63, 3.8) is 0 Å². The zero-order valence-electron chi connectivity index (χ0n) is 18.8. The van der Waals surface area contributed by atoms with E-state index in [1.807, 2.05) is 6.92 Å². The number of aliphatic hydroxyl groups is 1. The molecule has 1 aliphatic heterocycles. The molecule has 7 heteroatoms. The predicted molar refractivity (Wildman–Crippen MR) is 119 cm³/mol. The largest absolute Gasteiger partial charge is 0.503 e. The first-order chi connectivity index (χ1) is 15.1. The van der Waals surface area contributed by atoms with Gasteiger partial charge < -0.3 is 14.7 Å². The average molecular weight is 437 g/mol. The molecule has 1 amide bonds. The lowest BCUT2D eigenvalue weighted by Gasteiger charge is -2.28. The highest BCUT2D eigenvalue weighted by atomic mass is 16.5. The van der Waals surface area contributed by atoms with Gasteiger partial charge in [0, 0.05) is 24.4 Å². The summed E-state index contributed by atoms with van der Waals surface area (Å²) in [6.45, 7) is 7.67. The van der Waals surface area contributed by atoms with E-state index < -0.39 is 29.1 Å². The molecule has 1 aliphatic rings. The van der Waals surface area contributed by atoms with Crippen LogP contribution >= 0.6 is 0 Å². The summed E-state index contributed by atoms with van der Waals surface area (Å²) in [5, 5.41) is 10.7. The van der Waals surface area contributed by atoms with E-state index in [9.17, 15) is 19.5 Å². The second-order valence-electron chi connectivity index (χ2n) is 8.80. The van der Waals surface area contributed by atoms with Gasteiger partial charge in [-0.3, -0.25) is 14.6 Å². The SMILES string of the molecule is CCCOC(=O)c1ccc(CN2C(=O)C(O)=C(C(=O)C(C)(C)C)C2c2cccnc2)cc1. The van der Waals surface area contributed by atoms with Crippen LogP contribution in [-0.4, -0.2) is 39.3 Å². The zero-order valence-corrected chi connectivity index (χ0v) is 18.8. The van der Waals surface area contributed by atoms with Gasteiger partial charge in [0.2, 0.25) is 0 Å². The van der Waals surface area contributed by atoms with Crippen LogP contribution in [0.25, 0.3) is 0 Å². The van der Waals surface area contributed by atoms with Gasteiger partial charge in [-0.15, -0.1) is 0 Å². The van der Waals surface area contributed by atoms with Crippen molar-refractivity contribution in [3.8, 4) is 0 Å². The molecule has 32 heavy (non-hydrogen) atoms. The Balaban J connectivity index is 1.93. The minimum atomic E-state index is -0.777. The first-order valence-corrected chi connectivity index (χ1v) is 10.6. The molecule has 2 heterocycles.